The fraction of sp³-hybridized carbons (Fsp3) is 0.929. The molecule has 0 saturated heterocycles. The van der Waals surface area contributed by atoms with E-state index >= 15 is 0 Å². The molecule has 4 nitrogen and oxygen atoms in total. The molecule has 0 radical (unpaired) electrons. The Morgan fingerprint density at radius 2 is 1.78 bits per heavy atom. The molecule has 0 aliphatic rings. The van der Waals surface area contributed by atoms with Crippen molar-refractivity contribution in [2.75, 3.05) is 19.6 Å². The molecule has 0 saturated carbocycles. The Labute approximate surface area is 112 Å². The molecule has 0 aromatic rings. The van der Waals surface area contributed by atoms with Gasteiger partial charge in [0.1, 0.15) is 0 Å². The van der Waals surface area contributed by atoms with Gasteiger partial charge in [0.2, 0.25) is 5.91 Å². The van der Waals surface area contributed by atoms with E-state index in [1.807, 2.05) is 27.7 Å². The molecule has 0 fully saturated rings. The Hall–Kier alpha value is -0.610. The second kappa shape index (κ2) is 6.53. The van der Waals surface area contributed by atoms with Crippen LogP contribution in [0.5, 0.6) is 0 Å². The van der Waals surface area contributed by atoms with Crippen molar-refractivity contribution in [3.8, 4) is 0 Å². The van der Waals surface area contributed by atoms with Gasteiger partial charge in [-0.1, -0.05) is 20.8 Å². The van der Waals surface area contributed by atoms with E-state index in [0.717, 1.165) is 13.1 Å². The first-order valence-corrected chi connectivity index (χ1v) is 6.78. The molecule has 4 heteroatoms. The fourth-order valence-electron chi connectivity index (χ4n) is 1.78. The summed E-state index contributed by atoms with van der Waals surface area (Å²) >= 11 is 0. The van der Waals surface area contributed by atoms with Gasteiger partial charge in [0.05, 0.1) is 6.04 Å². The zero-order chi connectivity index (χ0) is 14.6. The summed E-state index contributed by atoms with van der Waals surface area (Å²) in [4.78, 5) is 14.3. The molecule has 0 rings (SSSR count). The number of amides is 1. The number of nitrogens with two attached hydrogens (primary N) is 1. The maximum atomic E-state index is 12.1. The first-order valence-electron chi connectivity index (χ1n) is 6.78. The highest BCUT2D eigenvalue weighted by atomic mass is 16.2. The number of hydrogen-bond acceptors (Lipinski definition) is 3. The number of carbonyl (C=O) groups is 1. The van der Waals surface area contributed by atoms with Gasteiger partial charge < -0.3 is 11.1 Å². The third kappa shape index (κ3) is 6.36. The molecule has 0 aliphatic heterocycles. The SMILES string of the molecule is CCN(CC(C)(C)CN)C(C)C(=O)NC(C)(C)C. The number of rotatable bonds is 6. The molecule has 0 spiro atoms. The minimum Gasteiger partial charge on any atom is -0.350 e. The van der Waals surface area contributed by atoms with Crippen LogP contribution in [-0.2, 0) is 4.79 Å². The van der Waals surface area contributed by atoms with Crippen LogP contribution in [0.2, 0.25) is 0 Å². The number of likely N-dealkylation sites (N-methyl/N-ethyl adjacent to an activating group) is 1. The van der Waals surface area contributed by atoms with Gasteiger partial charge in [0, 0.05) is 12.1 Å². The predicted molar refractivity (Wildman–Crippen MR) is 77.4 cm³/mol. The van der Waals surface area contributed by atoms with E-state index < -0.39 is 0 Å². The first kappa shape index (κ1) is 17.4. The zero-order valence-electron chi connectivity index (χ0n) is 13.1. The Bertz CT molecular complexity index is 269. The molecular formula is C14H31N3O. The second-order valence-electron chi connectivity index (χ2n) is 6.85. The van der Waals surface area contributed by atoms with Gasteiger partial charge in [-0.3, -0.25) is 9.69 Å². The Balaban J connectivity index is 4.61. The van der Waals surface area contributed by atoms with Gasteiger partial charge in [-0.15, -0.1) is 0 Å². The van der Waals surface area contributed by atoms with Gasteiger partial charge in [-0.05, 0) is 46.2 Å². The molecule has 0 aromatic carbocycles. The van der Waals surface area contributed by atoms with Crippen molar-refractivity contribution in [3.63, 3.8) is 0 Å². The Morgan fingerprint density at radius 1 is 1.28 bits per heavy atom. The number of nitrogens with one attached hydrogen (secondary N) is 1. The summed E-state index contributed by atoms with van der Waals surface area (Å²) in [6, 6.07) is -0.125. The molecule has 0 heterocycles. The molecule has 1 unspecified atom stereocenters. The lowest BCUT2D eigenvalue weighted by molar-refractivity contribution is -0.127. The van der Waals surface area contributed by atoms with Crippen LogP contribution in [0.1, 0.15) is 48.5 Å². The van der Waals surface area contributed by atoms with E-state index in [-0.39, 0.29) is 22.9 Å². The van der Waals surface area contributed by atoms with Crippen LogP contribution in [-0.4, -0.2) is 42.0 Å². The molecular weight excluding hydrogens is 226 g/mol. The van der Waals surface area contributed by atoms with Crippen molar-refractivity contribution in [2.45, 2.75) is 60.0 Å². The van der Waals surface area contributed by atoms with E-state index in [1.165, 1.54) is 0 Å². The Morgan fingerprint density at radius 3 is 2.11 bits per heavy atom. The predicted octanol–water partition coefficient (Wildman–Crippen LogP) is 1.60. The summed E-state index contributed by atoms with van der Waals surface area (Å²) in [5.74, 6) is 0.0807. The lowest BCUT2D eigenvalue weighted by Gasteiger charge is -2.35. The van der Waals surface area contributed by atoms with Gasteiger partial charge in [0.25, 0.3) is 0 Å². The van der Waals surface area contributed by atoms with Gasteiger partial charge in [-0.2, -0.15) is 0 Å². The lowest BCUT2D eigenvalue weighted by Crippen LogP contribution is -2.53. The lowest BCUT2D eigenvalue weighted by atomic mass is 9.92. The van der Waals surface area contributed by atoms with Gasteiger partial charge in [0.15, 0.2) is 0 Å². The minimum atomic E-state index is -0.186. The maximum Gasteiger partial charge on any atom is 0.237 e. The van der Waals surface area contributed by atoms with Crippen LogP contribution < -0.4 is 11.1 Å². The number of hydrogen-bond donors (Lipinski definition) is 2. The van der Waals surface area contributed by atoms with E-state index in [1.54, 1.807) is 0 Å². The van der Waals surface area contributed by atoms with Crippen LogP contribution >= 0.6 is 0 Å². The monoisotopic (exact) mass is 257 g/mol. The summed E-state index contributed by atoms with van der Waals surface area (Å²) in [7, 11) is 0. The molecule has 0 aliphatic carbocycles. The Kier molecular flexibility index (Phi) is 6.30. The molecule has 1 atom stereocenters. The molecule has 0 aromatic heterocycles. The van der Waals surface area contributed by atoms with Crippen LogP contribution in [0.25, 0.3) is 0 Å². The molecule has 0 bridgehead atoms. The highest BCUT2D eigenvalue weighted by molar-refractivity contribution is 5.81. The van der Waals surface area contributed by atoms with Crippen LogP contribution in [0, 0.1) is 5.41 Å². The summed E-state index contributed by atoms with van der Waals surface area (Å²) in [6.45, 7) is 16.6. The maximum absolute atomic E-state index is 12.1. The molecule has 1 amide bonds. The topological polar surface area (TPSA) is 58.4 Å². The largest absolute Gasteiger partial charge is 0.350 e. The van der Waals surface area contributed by atoms with Crippen molar-refractivity contribution in [1.82, 2.24) is 10.2 Å². The second-order valence-corrected chi connectivity index (χ2v) is 6.85. The van der Waals surface area contributed by atoms with Crippen molar-refractivity contribution < 1.29 is 4.79 Å². The van der Waals surface area contributed by atoms with Crippen LogP contribution in [0.15, 0.2) is 0 Å². The normalized spacial score (nSPS) is 14.7. The highest BCUT2D eigenvalue weighted by Gasteiger charge is 2.27. The molecule has 3 N–H and O–H groups in total. The van der Waals surface area contributed by atoms with Crippen molar-refractivity contribution >= 4 is 5.91 Å². The van der Waals surface area contributed by atoms with Gasteiger partial charge >= 0.3 is 0 Å². The van der Waals surface area contributed by atoms with Crippen molar-refractivity contribution in [1.29, 1.82) is 0 Å². The van der Waals surface area contributed by atoms with E-state index in [4.69, 9.17) is 5.73 Å². The zero-order valence-corrected chi connectivity index (χ0v) is 13.1. The number of carbonyl (C=O) groups excluding carboxylic acids is 1. The molecule has 108 valence electrons. The fourth-order valence-corrected chi connectivity index (χ4v) is 1.78. The van der Waals surface area contributed by atoms with Crippen LogP contribution in [0.3, 0.4) is 0 Å². The first-order chi connectivity index (χ1) is 8.02. The highest BCUT2D eigenvalue weighted by Crippen LogP contribution is 2.17. The average Bonchev–Trinajstić information content (AvgIpc) is 2.22. The third-order valence-electron chi connectivity index (χ3n) is 3.02. The van der Waals surface area contributed by atoms with Crippen LogP contribution in [0.4, 0.5) is 0 Å². The van der Waals surface area contributed by atoms with Crippen molar-refractivity contribution in [2.24, 2.45) is 11.1 Å². The van der Waals surface area contributed by atoms with E-state index in [2.05, 4.69) is 31.0 Å². The third-order valence-corrected chi connectivity index (χ3v) is 3.02. The van der Waals surface area contributed by atoms with E-state index in [0.29, 0.717) is 6.54 Å². The smallest absolute Gasteiger partial charge is 0.237 e. The number of nitrogens with zero attached hydrogens (tertiary/aromatic N) is 1. The summed E-state index contributed by atoms with van der Waals surface area (Å²) in [6.07, 6.45) is 0. The van der Waals surface area contributed by atoms with Gasteiger partial charge in [-0.25, -0.2) is 0 Å². The standard InChI is InChI=1S/C14H31N3O/c1-8-17(10-14(6,7)9-15)11(2)12(18)16-13(3,4)5/h11H,8-10,15H2,1-7H3,(H,16,18). The average molecular weight is 257 g/mol. The summed E-state index contributed by atoms with van der Waals surface area (Å²) in [5.41, 5.74) is 5.61. The quantitative estimate of drug-likeness (QED) is 0.760. The summed E-state index contributed by atoms with van der Waals surface area (Å²) < 4.78 is 0. The summed E-state index contributed by atoms with van der Waals surface area (Å²) in [5, 5.41) is 3.03. The van der Waals surface area contributed by atoms with E-state index in [9.17, 15) is 4.79 Å². The van der Waals surface area contributed by atoms with Crippen molar-refractivity contribution in [3.05, 3.63) is 0 Å². The molecule has 18 heavy (non-hydrogen) atoms. The minimum absolute atomic E-state index is 0.0340.